The molecule has 0 atom stereocenters. The molecule has 0 aliphatic carbocycles. The van der Waals surface area contributed by atoms with Crippen LogP contribution in [-0.2, 0) is 19.6 Å². The summed E-state index contributed by atoms with van der Waals surface area (Å²) in [4.78, 5) is 6.75. The number of halogens is 2. The molecule has 0 aliphatic heterocycles. The lowest BCUT2D eigenvalue weighted by Crippen LogP contribution is -2.37. The van der Waals surface area contributed by atoms with Crippen LogP contribution in [0, 0.1) is 5.82 Å². The Morgan fingerprint density at radius 2 is 1.77 bits per heavy atom. The summed E-state index contributed by atoms with van der Waals surface area (Å²) >= 11 is 0. The van der Waals surface area contributed by atoms with Gasteiger partial charge in [-0.3, -0.25) is 0 Å². The SMILES string of the molecule is CCNC(=NCc1cccc(CN(C)C)c1)NCc1ccccc1F.I. The molecule has 2 rings (SSSR count). The van der Waals surface area contributed by atoms with Crippen LogP contribution in [0.2, 0.25) is 0 Å². The number of hydrogen-bond acceptors (Lipinski definition) is 2. The van der Waals surface area contributed by atoms with E-state index in [1.54, 1.807) is 12.1 Å². The Kier molecular flexibility index (Phi) is 10.2. The monoisotopic (exact) mass is 470 g/mol. The Balaban J connectivity index is 0.00000338. The second kappa shape index (κ2) is 11.9. The molecule has 0 saturated heterocycles. The molecule has 0 amide bonds. The second-order valence-electron chi connectivity index (χ2n) is 6.20. The third-order valence-electron chi connectivity index (χ3n) is 3.66. The van der Waals surface area contributed by atoms with Gasteiger partial charge >= 0.3 is 0 Å². The van der Waals surface area contributed by atoms with E-state index in [2.05, 4.69) is 58.9 Å². The molecule has 2 aromatic rings. The molecule has 2 N–H and O–H groups in total. The Morgan fingerprint density at radius 3 is 2.46 bits per heavy atom. The van der Waals surface area contributed by atoms with Crippen LogP contribution in [-0.4, -0.2) is 31.5 Å². The first kappa shape index (κ1) is 22.4. The zero-order valence-corrected chi connectivity index (χ0v) is 18.0. The average molecular weight is 470 g/mol. The van der Waals surface area contributed by atoms with E-state index in [1.807, 2.05) is 13.0 Å². The number of rotatable bonds is 7. The first-order valence-electron chi connectivity index (χ1n) is 8.56. The van der Waals surface area contributed by atoms with E-state index in [0.717, 1.165) is 18.7 Å². The minimum atomic E-state index is -0.206. The van der Waals surface area contributed by atoms with Crippen molar-refractivity contribution >= 4 is 29.9 Å². The first-order valence-corrected chi connectivity index (χ1v) is 8.56. The number of benzene rings is 2. The molecule has 26 heavy (non-hydrogen) atoms. The normalized spacial score (nSPS) is 11.2. The van der Waals surface area contributed by atoms with Crippen LogP contribution in [0.15, 0.2) is 53.5 Å². The van der Waals surface area contributed by atoms with Crippen molar-refractivity contribution in [3.05, 3.63) is 71.0 Å². The number of guanidine groups is 1. The second-order valence-corrected chi connectivity index (χ2v) is 6.20. The predicted octanol–water partition coefficient (Wildman–Crippen LogP) is 3.76. The van der Waals surface area contributed by atoms with Gasteiger partial charge in [0.05, 0.1) is 6.54 Å². The molecule has 0 spiro atoms. The summed E-state index contributed by atoms with van der Waals surface area (Å²) in [5, 5.41) is 6.38. The van der Waals surface area contributed by atoms with E-state index < -0.39 is 0 Å². The van der Waals surface area contributed by atoms with Crippen LogP contribution in [0.5, 0.6) is 0 Å². The number of hydrogen-bond donors (Lipinski definition) is 2. The molecule has 0 aliphatic rings. The van der Waals surface area contributed by atoms with Gasteiger partial charge in [0.1, 0.15) is 5.82 Å². The summed E-state index contributed by atoms with van der Waals surface area (Å²) in [7, 11) is 4.11. The zero-order chi connectivity index (χ0) is 18.1. The third-order valence-corrected chi connectivity index (χ3v) is 3.66. The molecule has 0 unspecified atom stereocenters. The molecule has 0 bridgehead atoms. The van der Waals surface area contributed by atoms with Crippen molar-refractivity contribution in [3.63, 3.8) is 0 Å². The maximum absolute atomic E-state index is 13.7. The summed E-state index contributed by atoms with van der Waals surface area (Å²) in [6.45, 7) is 4.65. The van der Waals surface area contributed by atoms with Crippen molar-refractivity contribution in [1.29, 1.82) is 0 Å². The highest BCUT2D eigenvalue weighted by molar-refractivity contribution is 14.0. The van der Waals surface area contributed by atoms with Gasteiger partial charge in [0.15, 0.2) is 5.96 Å². The zero-order valence-electron chi connectivity index (χ0n) is 15.6. The molecule has 2 aromatic carbocycles. The number of nitrogens with one attached hydrogen (secondary N) is 2. The Morgan fingerprint density at radius 1 is 1.04 bits per heavy atom. The van der Waals surface area contributed by atoms with Gasteiger partial charge in [-0.15, -0.1) is 24.0 Å². The van der Waals surface area contributed by atoms with E-state index in [4.69, 9.17) is 0 Å². The summed E-state index contributed by atoms with van der Waals surface area (Å²) < 4.78 is 13.7. The maximum atomic E-state index is 13.7. The van der Waals surface area contributed by atoms with E-state index in [9.17, 15) is 4.39 Å². The highest BCUT2D eigenvalue weighted by Gasteiger charge is 2.03. The highest BCUT2D eigenvalue weighted by atomic mass is 127. The van der Waals surface area contributed by atoms with Gasteiger partial charge in [-0.05, 0) is 38.2 Å². The molecule has 6 heteroatoms. The molecule has 142 valence electrons. The Bertz CT molecular complexity index is 704. The molecular formula is C20H28FIN4. The lowest BCUT2D eigenvalue weighted by molar-refractivity contribution is 0.402. The van der Waals surface area contributed by atoms with Gasteiger partial charge in [0.2, 0.25) is 0 Å². The lowest BCUT2D eigenvalue weighted by Gasteiger charge is -2.13. The maximum Gasteiger partial charge on any atom is 0.191 e. The molecule has 0 aromatic heterocycles. The van der Waals surface area contributed by atoms with Crippen LogP contribution in [0.4, 0.5) is 4.39 Å². The fourth-order valence-corrected chi connectivity index (χ4v) is 2.52. The summed E-state index contributed by atoms with van der Waals surface area (Å²) in [5.41, 5.74) is 3.05. The summed E-state index contributed by atoms with van der Waals surface area (Å²) in [5.74, 6) is 0.478. The van der Waals surface area contributed by atoms with Gasteiger partial charge in [-0.2, -0.15) is 0 Å². The van der Waals surface area contributed by atoms with Crippen LogP contribution < -0.4 is 10.6 Å². The molecule has 0 heterocycles. The minimum absolute atomic E-state index is 0. The van der Waals surface area contributed by atoms with Crippen LogP contribution >= 0.6 is 24.0 Å². The number of aliphatic imine (C=N–C) groups is 1. The van der Waals surface area contributed by atoms with E-state index in [0.29, 0.717) is 24.6 Å². The smallest absolute Gasteiger partial charge is 0.191 e. The van der Waals surface area contributed by atoms with E-state index >= 15 is 0 Å². The van der Waals surface area contributed by atoms with E-state index in [1.165, 1.54) is 11.6 Å². The fourth-order valence-electron chi connectivity index (χ4n) is 2.52. The minimum Gasteiger partial charge on any atom is -0.357 e. The van der Waals surface area contributed by atoms with Gasteiger partial charge < -0.3 is 15.5 Å². The molecule has 0 fully saturated rings. The van der Waals surface area contributed by atoms with Crippen LogP contribution in [0.1, 0.15) is 23.6 Å². The highest BCUT2D eigenvalue weighted by Crippen LogP contribution is 2.09. The summed E-state index contributed by atoms with van der Waals surface area (Å²) in [6, 6.07) is 15.2. The average Bonchev–Trinajstić information content (AvgIpc) is 2.58. The summed E-state index contributed by atoms with van der Waals surface area (Å²) in [6.07, 6.45) is 0. The van der Waals surface area contributed by atoms with Gasteiger partial charge in [0.25, 0.3) is 0 Å². The van der Waals surface area contributed by atoms with Gasteiger partial charge in [-0.25, -0.2) is 9.38 Å². The van der Waals surface area contributed by atoms with Crippen molar-refractivity contribution in [2.75, 3.05) is 20.6 Å². The lowest BCUT2D eigenvalue weighted by atomic mass is 10.1. The van der Waals surface area contributed by atoms with Gasteiger partial charge in [0, 0.05) is 25.2 Å². The van der Waals surface area contributed by atoms with Crippen molar-refractivity contribution in [2.45, 2.75) is 26.6 Å². The van der Waals surface area contributed by atoms with Crippen LogP contribution in [0.3, 0.4) is 0 Å². The topological polar surface area (TPSA) is 39.7 Å². The molecule has 4 nitrogen and oxygen atoms in total. The third kappa shape index (κ3) is 7.70. The van der Waals surface area contributed by atoms with E-state index in [-0.39, 0.29) is 29.8 Å². The quantitative estimate of drug-likeness (QED) is 0.368. The molecule has 0 radical (unpaired) electrons. The van der Waals surface area contributed by atoms with Crippen molar-refractivity contribution in [3.8, 4) is 0 Å². The van der Waals surface area contributed by atoms with Gasteiger partial charge in [-0.1, -0.05) is 42.5 Å². The van der Waals surface area contributed by atoms with Crippen molar-refractivity contribution in [2.24, 2.45) is 4.99 Å². The Hall–Kier alpha value is -1.67. The van der Waals surface area contributed by atoms with Crippen LogP contribution in [0.25, 0.3) is 0 Å². The number of nitrogens with zero attached hydrogens (tertiary/aromatic N) is 2. The molecular weight excluding hydrogens is 442 g/mol. The predicted molar refractivity (Wildman–Crippen MR) is 117 cm³/mol. The first-order chi connectivity index (χ1) is 12.1. The largest absolute Gasteiger partial charge is 0.357 e. The van der Waals surface area contributed by atoms with Crippen molar-refractivity contribution in [1.82, 2.24) is 15.5 Å². The Labute approximate surface area is 172 Å². The molecule has 0 saturated carbocycles. The fraction of sp³-hybridized carbons (Fsp3) is 0.350. The standard InChI is InChI=1S/C20H27FN4.HI/c1-4-22-20(24-14-18-10-5-6-11-19(18)21)23-13-16-8-7-9-17(12-16)15-25(2)3;/h5-12H,4,13-15H2,1-3H3,(H2,22,23,24);1H. The van der Waals surface area contributed by atoms with Crippen molar-refractivity contribution < 1.29 is 4.39 Å².